The van der Waals surface area contributed by atoms with E-state index >= 15 is 0 Å². The molecule has 11 nitrogen and oxygen atoms in total. The van der Waals surface area contributed by atoms with Crippen LogP contribution in [-0.4, -0.2) is 53.8 Å². The van der Waals surface area contributed by atoms with Crippen molar-refractivity contribution in [3.63, 3.8) is 0 Å². The Labute approximate surface area is 233 Å². The summed E-state index contributed by atoms with van der Waals surface area (Å²) in [7, 11) is -2.69. The second kappa shape index (κ2) is 11.0. The van der Waals surface area contributed by atoms with Gasteiger partial charge in [-0.15, -0.1) is 0 Å². The Kier molecular flexibility index (Phi) is 7.77. The minimum absolute atomic E-state index is 0.135. The molecule has 1 aliphatic heterocycles. The van der Waals surface area contributed by atoms with Crippen LogP contribution in [0.2, 0.25) is 0 Å². The molecule has 1 amide bonds. The highest BCUT2D eigenvalue weighted by molar-refractivity contribution is 7.50. The quantitative estimate of drug-likeness (QED) is 0.244. The second-order valence-electron chi connectivity index (χ2n) is 10.3. The summed E-state index contributed by atoms with van der Waals surface area (Å²) >= 11 is 0. The van der Waals surface area contributed by atoms with E-state index in [9.17, 15) is 27.6 Å². The van der Waals surface area contributed by atoms with Gasteiger partial charge < -0.3 is 30.4 Å². The lowest BCUT2D eigenvalue weighted by Crippen LogP contribution is -2.18. The van der Waals surface area contributed by atoms with Crippen LogP contribution in [0, 0.1) is 0 Å². The molecule has 1 saturated carbocycles. The first-order valence-corrected chi connectivity index (χ1v) is 14.7. The zero-order chi connectivity index (χ0) is 29.5. The van der Waals surface area contributed by atoms with Crippen LogP contribution in [0.3, 0.4) is 0 Å². The number of hydrogen-bond donors (Lipinski definition) is 5. The smallest absolute Gasteiger partial charge is 0.393 e. The number of alkyl halides is 3. The van der Waals surface area contributed by atoms with E-state index in [4.69, 9.17) is 9.79 Å². The Balaban J connectivity index is 1.46. The molecule has 41 heavy (non-hydrogen) atoms. The minimum atomic E-state index is -4.79. The van der Waals surface area contributed by atoms with E-state index in [1.807, 2.05) is 6.07 Å². The Morgan fingerprint density at radius 1 is 1.05 bits per heavy atom. The topological polar surface area (TPSA) is 161 Å². The first kappa shape index (κ1) is 28.9. The lowest BCUT2D eigenvalue weighted by Gasteiger charge is -2.27. The molecule has 0 unspecified atom stereocenters. The molecule has 218 valence electrons. The second-order valence-corrected chi connectivity index (χ2v) is 11.9. The van der Waals surface area contributed by atoms with Gasteiger partial charge in [0.1, 0.15) is 11.4 Å². The van der Waals surface area contributed by atoms with Gasteiger partial charge >= 0.3 is 13.8 Å². The number of rotatable bonds is 7. The lowest BCUT2D eigenvalue weighted by atomic mass is 9.80. The number of carbonyl (C=O) groups is 1. The van der Waals surface area contributed by atoms with Gasteiger partial charge in [-0.3, -0.25) is 14.3 Å². The molecule has 3 heterocycles. The van der Waals surface area contributed by atoms with Crippen molar-refractivity contribution in [1.29, 1.82) is 0 Å². The average molecular weight is 593 g/mol. The number of hydrogen-bond acceptors (Lipinski definition) is 8. The first-order valence-electron chi connectivity index (χ1n) is 12.9. The van der Waals surface area contributed by atoms with E-state index in [-0.39, 0.29) is 40.9 Å². The summed E-state index contributed by atoms with van der Waals surface area (Å²) < 4.78 is 53.0. The van der Waals surface area contributed by atoms with Gasteiger partial charge in [0.25, 0.3) is 5.91 Å². The van der Waals surface area contributed by atoms with Crippen molar-refractivity contribution in [2.45, 2.75) is 56.6 Å². The van der Waals surface area contributed by atoms with Gasteiger partial charge in [-0.1, -0.05) is 6.07 Å². The standard InChI is InChI=1S/C26H28F3N6O5P/c1-35-12-19-18(14-2-6-17(36)7-3-14)8-9-21(22(19)24(35)37)33-23-20(26(27,28)29)11-31-25(34-23)32-15-4-5-16(30-10-15)13-41(38,39)40/h4-5,8-11,14,17,36H,2-3,6-7,12-13H2,1H3,(H2,38,39,40)(H2,31,32,33,34). The predicted octanol–water partition coefficient (Wildman–Crippen LogP) is 4.66. The number of aliphatic hydroxyl groups excluding tert-OH is 1. The van der Waals surface area contributed by atoms with Crippen molar-refractivity contribution < 1.29 is 37.4 Å². The van der Waals surface area contributed by atoms with Crippen LogP contribution >= 0.6 is 7.60 Å². The van der Waals surface area contributed by atoms with E-state index in [1.54, 1.807) is 13.1 Å². The lowest BCUT2D eigenvalue weighted by molar-refractivity contribution is -0.137. The van der Waals surface area contributed by atoms with Gasteiger partial charge in [0.15, 0.2) is 0 Å². The fourth-order valence-electron chi connectivity index (χ4n) is 5.26. The number of halogens is 3. The van der Waals surface area contributed by atoms with Crippen LogP contribution in [-0.2, 0) is 23.4 Å². The Hall–Kier alpha value is -3.58. The van der Waals surface area contributed by atoms with Crippen LogP contribution in [0.4, 0.5) is 36.3 Å². The molecule has 5 rings (SSSR count). The highest BCUT2D eigenvalue weighted by atomic mass is 31.2. The first-order chi connectivity index (χ1) is 19.3. The molecule has 0 bridgehead atoms. The Morgan fingerprint density at radius 2 is 1.78 bits per heavy atom. The van der Waals surface area contributed by atoms with Crippen LogP contribution in [0.15, 0.2) is 36.7 Å². The van der Waals surface area contributed by atoms with Crippen LogP contribution in [0.25, 0.3) is 0 Å². The number of aliphatic hydroxyl groups is 1. The average Bonchev–Trinajstić information content (AvgIpc) is 3.19. The molecular weight excluding hydrogens is 564 g/mol. The number of amides is 1. The number of aromatic nitrogens is 3. The number of anilines is 4. The van der Waals surface area contributed by atoms with Gasteiger partial charge in [0.2, 0.25) is 5.95 Å². The molecule has 1 fully saturated rings. The zero-order valence-electron chi connectivity index (χ0n) is 21.9. The molecule has 0 atom stereocenters. The largest absolute Gasteiger partial charge is 0.421 e. The highest BCUT2D eigenvalue weighted by Gasteiger charge is 2.37. The third-order valence-electron chi connectivity index (χ3n) is 7.24. The Bertz CT molecular complexity index is 1510. The highest BCUT2D eigenvalue weighted by Crippen LogP contribution is 2.42. The summed E-state index contributed by atoms with van der Waals surface area (Å²) in [5, 5.41) is 15.4. The van der Waals surface area contributed by atoms with E-state index in [2.05, 4.69) is 25.6 Å². The van der Waals surface area contributed by atoms with Crippen molar-refractivity contribution in [3.05, 3.63) is 64.6 Å². The van der Waals surface area contributed by atoms with Gasteiger partial charge in [-0.05, 0) is 60.9 Å². The van der Waals surface area contributed by atoms with E-state index in [0.29, 0.717) is 31.1 Å². The maximum atomic E-state index is 13.9. The van der Waals surface area contributed by atoms with E-state index in [0.717, 1.165) is 24.0 Å². The van der Waals surface area contributed by atoms with Gasteiger partial charge in [0.05, 0.1) is 41.1 Å². The van der Waals surface area contributed by atoms with Crippen molar-refractivity contribution in [3.8, 4) is 0 Å². The molecule has 0 radical (unpaired) electrons. The number of nitrogens with zero attached hydrogens (tertiary/aromatic N) is 4. The molecule has 1 aliphatic carbocycles. The summed E-state index contributed by atoms with van der Waals surface area (Å²) in [6.45, 7) is 0.325. The van der Waals surface area contributed by atoms with E-state index < -0.39 is 31.3 Å². The molecule has 1 aromatic carbocycles. The number of benzene rings is 1. The monoisotopic (exact) mass is 592 g/mol. The number of pyridine rings is 1. The fourth-order valence-corrected chi connectivity index (χ4v) is 5.87. The maximum absolute atomic E-state index is 13.9. The van der Waals surface area contributed by atoms with Gasteiger partial charge in [-0.25, -0.2) is 4.98 Å². The van der Waals surface area contributed by atoms with Gasteiger partial charge in [0, 0.05) is 19.8 Å². The SMILES string of the molecule is CN1Cc2c(C3CCC(O)CC3)ccc(Nc3nc(Nc4ccc(CP(=O)(O)O)nc4)ncc3C(F)(F)F)c2C1=O. The third kappa shape index (κ3) is 6.51. The molecular formula is C26H28F3N6O5P. The van der Waals surface area contributed by atoms with Gasteiger partial charge in [-0.2, -0.15) is 18.2 Å². The predicted molar refractivity (Wildman–Crippen MR) is 143 cm³/mol. The number of carbonyl (C=O) groups excluding carboxylic acids is 1. The maximum Gasteiger partial charge on any atom is 0.421 e. The summed E-state index contributed by atoms with van der Waals surface area (Å²) in [5.41, 5.74) is 1.49. The molecule has 0 spiro atoms. The van der Waals surface area contributed by atoms with E-state index in [1.165, 1.54) is 23.2 Å². The zero-order valence-corrected chi connectivity index (χ0v) is 22.8. The number of nitrogens with one attached hydrogen (secondary N) is 2. The van der Waals surface area contributed by atoms with Crippen LogP contribution < -0.4 is 10.6 Å². The molecule has 3 aromatic rings. The van der Waals surface area contributed by atoms with Crippen molar-refractivity contribution in [1.82, 2.24) is 19.9 Å². The third-order valence-corrected chi connectivity index (χ3v) is 7.97. The molecule has 5 N–H and O–H groups in total. The summed E-state index contributed by atoms with van der Waals surface area (Å²) in [5.74, 6) is -0.924. The summed E-state index contributed by atoms with van der Waals surface area (Å²) in [4.78, 5) is 44.6. The molecule has 15 heteroatoms. The number of fused-ring (bicyclic) bond motifs is 1. The summed E-state index contributed by atoms with van der Waals surface area (Å²) in [6, 6.07) is 6.23. The van der Waals surface area contributed by atoms with Crippen LogP contribution in [0.1, 0.15) is 64.3 Å². The van der Waals surface area contributed by atoms with Crippen molar-refractivity contribution >= 4 is 36.6 Å². The Morgan fingerprint density at radius 3 is 2.41 bits per heavy atom. The van der Waals surface area contributed by atoms with Crippen LogP contribution in [0.5, 0.6) is 0 Å². The summed E-state index contributed by atoms with van der Waals surface area (Å²) in [6.07, 6.45) is -1.00. The molecule has 2 aromatic heterocycles. The molecule has 2 aliphatic rings. The molecule has 0 saturated heterocycles. The minimum Gasteiger partial charge on any atom is -0.393 e. The van der Waals surface area contributed by atoms with Crippen molar-refractivity contribution in [2.75, 3.05) is 17.7 Å². The fraction of sp³-hybridized carbons (Fsp3) is 0.385. The normalized spacial score (nSPS) is 19.3. The van der Waals surface area contributed by atoms with Crippen molar-refractivity contribution in [2.24, 2.45) is 0 Å².